The van der Waals surface area contributed by atoms with Crippen LogP contribution in [0.25, 0.3) is 0 Å². The maximum atomic E-state index is 12.4. The van der Waals surface area contributed by atoms with Crippen molar-refractivity contribution in [3.05, 3.63) is 46.2 Å². The molecule has 2 aromatic rings. The third-order valence-corrected chi connectivity index (χ3v) is 5.46. The van der Waals surface area contributed by atoms with Crippen molar-refractivity contribution >= 4 is 29.1 Å². The van der Waals surface area contributed by atoms with Crippen LogP contribution in [-0.2, 0) is 9.53 Å². The molecule has 2 heterocycles. The van der Waals surface area contributed by atoms with Crippen molar-refractivity contribution in [2.75, 3.05) is 47.0 Å². The molecule has 1 aromatic carbocycles. The topological polar surface area (TPSA) is 85.4 Å². The Bertz CT molecular complexity index is 875. The molecule has 154 valence electrons. The SMILES string of the molecule is COc1cccc(C(=O)OCC(=O)N2CCN(C(=O)c3cccs3)CC2)c1OC. The van der Waals surface area contributed by atoms with E-state index in [1.807, 2.05) is 11.4 Å². The van der Waals surface area contributed by atoms with Gasteiger partial charge in [-0.2, -0.15) is 0 Å². The molecule has 0 atom stereocenters. The Morgan fingerprint density at radius 3 is 2.31 bits per heavy atom. The molecular formula is C20H22N2O6S. The summed E-state index contributed by atoms with van der Waals surface area (Å²) < 4.78 is 15.6. The van der Waals surface area contributed by atoms with Crippen LogP contribution >= 0.6 is 11.3 Å². The fourth-order valence-corrected chi connectivity index (χ4v) is 3.75. The van der Waals surface area contributed by atoms with Gasteiger partial charge in [-0.15, -0.1) is 11.3 Å². The van der Waals surface area contributed by atoms with Crippen molar-refractivity contribution in [3.8, 4) is 11.5 Å². The lowest BCUT2D eigenvalue weighted by Gasteiger charge is -2.34. The number of ether oxygens (including phenoxy) is 3. The number of piperazine rings is 1. The van der Waals surface area contributed by atoms with Gasteiger partial charge in [-0.3, -0.25) is 9.59 Å². The lowest BCUT2D eigenvalue weighted by Crippen LogP contribution is -2.51. The Morgan fingerprint density at radius 1 is 0.966 bits per heavy atom. The number of nitrogens with zero attached hydrogens (tertiary/aromatic N) is 2. The van der Waals surface area contributed by atoms with E-state index in [2.05, 4.69) is 0 Å². The second-order valence-corrected chi connectivity index (χ2v) is 7.22. The third kappa shape index (κ3) is 4.68. The normalized spacial score (nSPS) is 13.7. The van der Waals surface area contributed by atoms with E-state index in [1.165, 1.54) is 25.6 Å². The monoisotopic (exact) mass is 418 g/mol. The van der Waals surface area contributed by atoms with E-state index in [4.69, 9.17) is 14.2 Å². The summed E-state index contributed by atoms with van der Waals surface area (Å²) in [6.07, 6.45) is 0. The van der Waals surface area contributed by atoms with E-state index in [9.17, 15) is 14.4 Å². The highest BCUT2D eigenvalue weighted by Gasteiger charge is 2.26. The largest absolute Gasteiger partial charge is 0.493 e. The lowest BCUT2D eigenvalue weighted by atomic mass is 10.2. The molecule has 0 unspecified atom stereocenters. The first-order chi connectivity index (χ1) is 14.0. The first-order valence-corrected chi connectivity index (χ1v) is 9.91. The molecule has 1 saturated heterocycles. The molecule has 0 N–H and O–H groups in total. The van der Waals surface area contributed by atoms with E-state index >= 15 is 0 Å². The molecule has 0 spiro atoms. The van der Waals surface area contributed by atoms with Crippen LogP contribution in [0.2, 0.25) is 0 Å². The van der Waals surface area contributed by atoms with Gasteiger partial charge in [0.05, 0.1) is 19.1 Å². The van der Waals surface area contributed by atoms with Crippen LogP contribution in [0.1, 0.15) is 20.0 Å². The minimum Gasteiger partial charge on any atom is -0.493 e. The zero-order chi connectivity index (χ0) is 20.8. The second kappa shape index (κ2) is 9.42. The highest BCUT2D eigenvalue weighted by molar-refractivity contribution is 7.12. The molecule has 9 heteroatoms. The molecule has 1 fully saturated rings. The molecule has 0 radical (unpaired) electrons. The number of esters is 1. The summed E-state index contributed by atoms with van der Waals surface area (Å²) in [7, 11) is 2.90. The number of rotatable bonds is 6. The number of carbonyl (C=O) groups excluding carboxylic acids is 3. The standard InChI is InChI=1S/C20H22N2O6S/c1-26-15-6-3-5-14(18(15)27-2)20(25)28-13-17(23)21-8-10-22(11-9-21)19(24)16-7-4-12-29-16/h3-7,12H,8-11,13H2,1-2H3. The average Bonchev–Trinajstić information content (AvgIpc) is 3.31. The molecule has 0 bridgehead atoms. The first-order valence-electron chi connectivity index (χ1n) is 9.03. The predicted octanol–water partition coefficient (Wildman–Crippen LogP) is 1.91. The fraction of sp³-hybridized carbons (Fsp3) is 0.350. The predicted molar refractivity (Wildman–Crippen MR) is 107 cm³/mol. The number of hydrogen-bond donors (Lipinski definition) is 0. The van der Waals surface area contributed by atoms with Gasteiger partial charge in [-0.05, 0) is 23.6 Å². The fourth-order valence-electron chi connectivity index (χ4n) is 3.06. The van der Waals surface area contributed by atoms with Crippen molar-refractivity contribution in [2.45, 2.75) is 0 Å². The smallest absolute Gasteiger partial charge is 0.342 e. The number of para-hydroxylation sites is 1. The Balaban J connectivity index is 1.52. The van der Waals surface area contributed by atoms with Crippen molar-refractivity contribution < 1.29 is 28.6 Å². The summed E-state index contributed by atoms with van der Waals surface area (Å²) in [5.41, 5.74) is 0.186. The summed E-state index contributed by atoms with van der Waals surface area (Å²) >= 11 is 1.40. The van der Waals surface area contributed by atoms with Gasteiger partial charge in [0, 0.05) is 26.2 Å². The molecule has 0 saturated carbocycles. The summed E-state index contributed by atoms with van der Waals surface area (Å²) in [6.45, 7) is 1.31. The van der Waals surface area contributed by atoms with Crippen LogP contribution in [0.5, 0.6) is 11.5 Å². The number of thiophene rings is 1. The summed E-state index contributed by atoms with van der Waals surface area (Å²) in [5, 5.41) is 1.86. The average molecular weight is 418 g/mol. The van der Waals surface area contributed by atoms with E-state index in [1.54, 1.807) is 34.1 Å². The van der Waals surface area contributed by atoms with Crippen molar-refractivity contribution in [1.82, 2.24) is 9.80 Å². The molecule has 3 rings (SSSR count). The van der Waals surface area contributed by atoms with Crippen molar-refractivity contribution in [3.63, 3.8) is 0 Å². The third-order valence-electron chi connectivity index (χ3n) is 4.60. The van der Waals surface area contributed by atoms with Gasteiger partial charge in [-0.25, -0.2) is 4.79 Å². The number of methoxy groups -OCH3 is 2. The van der Waals surface area contributed by atoms with Gasteiger partial charge in [0.15, 0.2) is 18.1 Å². The van der Waals surface area contributed by atoms with E-state index in [0.717, 1.165) is 0 Å². The van der Waals surface area contributed by atoms with Crippen LogP contribution in [0, 0.1) is 0 Å². The van der Waals surface area contributed by atoms with E-state index in [-0.39, 0.29) is 29.7 Å². The molecular weight excluding hydrogens is 396 g/mol. The van der Waals surface area contributed by atoms with Crippen LogP contribution in [0.3, 0.4) is 0 Å². The molecule has 1 aromatic heterocycles. The Kier molecular flexibility index (Phi) is 6.71. The summed E-state index contributed by atoms with van der Waals surface area (Å²) in [4.78, 5) is 41.1. The molecule has 2 amide bonds. The highest BCUT2D eigenvalue weighted by atomic mass is 32.1. The van der Waals surface area contributed by atoms with Crippen molar-refractivity contribution in [2.24, 2.45) is 0 Å². The molecule has 0 aliphatic carbocycles. The van der Waals surface area contributed by atoms with Gasteiger partial charge < -0.3 is 24.0 Å². The highest BCUT2D eigenvalue weighted by Crippen LogP contribution is 2.31. The van der Waals surface area contributed by atoms with Crippen molar-refractivity contribution in [1.29, 1.82) is 0 Å². The Morgan fingerprint density at radius 2 is 1.69 bits per heavy atom. The minimum atomic E-state index is -0.666. The summed E-state index contributed by atoms with van der Waals surface area (Å²) in [5.74, 6) is -0.333. The van der Waals surface area contributed by atoms with Crippen LogP contribution in [0.15, 0.2) is 35.7 Å². The second-order valence-electron chi connectivity index (χ2n) is 6.27. The van der Waals surface area contributed by atoms with Crippen LogP contribution < -0.4 is 9.47 Å². The Hall–Kier alpha value is -3.07. The van der Waals surface area contributed by atoms with E-state index in [0.29, 0.717) is 36.8 Å². The molecule has 1 aliphatic heterocycles. The zero-order valence-electron chi connectivity index (χ0n) is 16.3. The molecule has 8 nitrogen and oxygen atoms in total. The number of carbonyl (C=O) groups is 3. The number of benzene rings is 1. The van der Waals surface area contributed by atoms with Gasteiger partial charge >= 0.3 is 5.97 Å². The zero-order valence-corrected chi connectivity index (χ0v) is 17.1. The Labute approximate surface area is 172 Å². The van der Waals surface area contributed by atoms with Gasteiger partial charge in [0.2, 0.25) is 0 Å². The molecule has 1 aliphatic rings. The minimum absolute atomic E-state index is 0.0244. The lowest BCUT2D eigenvalue weighted by molar-refractivity contribution is -0.136. The summed E-state index contributed by atoms with van der Waals surface area (Å²) in [6, 6.07) is 8.48. The first kappa shape index (κ1) is 20.7. The maximum absolute atomic E-state index is 12.4. The number of hydrogen-bond acceptors (Lipinski definition) is 7. The van der Waals surface area contributed by atoms with Gasteiger partial charge in [-0.1, -0.05) is 12.1 Å². The quantitative estimate of drug-likeness (QED) is 0.667. The maximum Gasteiger partial charge on any atom is 0.342 e. The number of amides is 2. The molecule has 29 heavy (non-hydrogen) atoms. The van der Waals surface area contributed by atoms with E-state index < -0.39 is 5.97 Å². The van der Waals surface area contributed by atoms with Gasteiger partial charge in [0.1, 0.15) is 5.56 Å². The van der Waals surface area contributed by atoms with Crippen LogP contribution in [-0.4, -0.2) is 74.6 Å². The van der Waals surface area contributed by atoms with Crippen LogP contribution in [0.4, 0.5) is 0 Å². The van der Waals surface area contributed by atoms with Gasteiger partial charge in [0.25, 0.3) is 11.8 Å².